The van der Waals surface area contributed by atoms with Crippen molar-refractivity contribution in [2.24, 2.45) is 5.11 Å². The summed E-state index contributed by atoms with van der Waals surface area (Å²) in [7, 11) is 0. The minimum Gasteiger partial charge on any atom is -0.394 e. The minimum absolute atomic E-state index is 0.0527. The predicted molar refractivity (Wildman–Crippen MR) is 245 cm³/mol. The highest BCUT2D eigenvalue weighted by Crippen LogP contribution is 2.38. The molecule has 7 heterocycles. The zero-order chi connectivity index (χ0) is 59.3. The maximum absolute atomic E-state index is 11.4. The summed E-state index contributed by atoms with van der Waals surface area (Å²) < 4.78 is 78.8. The second-order valence-corrected chi connectivity index (χ2v) is 20.1. The molecule has 81 heavy (non-hydrogen) atoms. The van der Waals surface area contributed by atoms with E-state index in [1.807, 2.05) is 0 Å². The van der Waals surface area contributed by atoms with Crippen LogP contribution in [0.4, 0.5) is 0 Å². The summed E-state index contributed by atoms with van der Waals surface area (Å²) in [5.74, 6) is 0. The van der Waals surface area contributed by atoms with Gasteiger partial charge in [0.05, 0.1) is 51.8 Å². The van der Waals surface area contributed by atoms with Crippen LogP contribution in [0.3, 0.4) is 0 Å². The third-order valence-electron chi connectivity index (χ3n) is 14.9. The van der Waals surface area contributed by atoms with E-state index in [0.29, 0.717) is 0 Å². The van der Waals surface area contributed by atoms with Gasteiger partial charge in [0.1, 0.15) is 163 Å². The summed E-state index contributed by atoms with van der Waals surface area (Å²) in [5, 5.41) is 219. The lowest BCUT2D eigenvalue weighted by atomic mass is 9.95. The Labute approximate surface area is 458 Å². The Kier molecular flexibility index (Phi) is 24.3. The monoisotopic (exact) mass is 1190 g/mol. The fraction of sp³-hybridized carbons (Fsp3) is 1.00. The molecule has 7 rings (SSSR count). The Hall–Kier alpha value is -2.05. The van der Waals surface area contributed by atoms with Gasteiger partial charge >= 0.3 is 0 Å². The summed E-state index contributed by atoms with van der Waals surface area (Å²) in [5.41, 5.74) is 7.01. The topological polar surface area (TPSA) is 584 Å². The molecular weight excluding hydrogens is 1110 g/mol. The number of hydrogen-bond acceptors (Lipinski definition) is 36. The van der Waals surface area contributed by atoms with E-state index in [0.717, 1.165) is 0 Å². The number of nitrogens with one attached hydrogen (secondary N) is 1. The maximum Gasteiger partial charge on any atom is 0.214 e. The Morgan fingerprint density at radius 3 is 0.877 bits per heavy atom. The van der Waals surface area contributed by atoms with E-state index < -0.39 is 255 Å². The van der Waals surface area contributed by atoms with Gasteiger partial charge in [0.25, 0.3) is 0 Å². The van der Waals surface area contributed by atoms with Gasteiger partial charge in [-0.05, 0) is 6.92 Å². The van der Waals surface area contributed by atoms with E-state index in [4.69, 9.17) is 71.8 Å². The van der Waals surface area contributed by atoms with Crippen molar-refractivity contribution in [2.45, 2.75) is 222 Å². The van der Waals surface area contributed by atoms with E-state index >= 15 is 0 Å². The number of rotatable bonds is 22. The van der Waals surface area contributed by atoms with Crippen LogP contribution >= 0.6 is 0 Å². The van der Waals surface area contributed by atoms with Crippen LogP contribution in [-0.4, -0.2) is 364 Å². The molecule has 34 atom stereocenters. The van der Waals surface area contributed by atoms with E-state index in [1.54, 1.807) is 6.92 Å². The molecule has 0 aromatic heterocycles. The molecule has 0 spiro atoms. The lowest BCUT2D eigenvalue weighted by molar-refractivity contribution is -0.397. The first-order valence-electron chi connectivity index (χ1n) is 26.0. The molecule has 7 aliphatic rings. The van der Waals surface area contributed by atoms with Crippen LogP contribution in [0.15, 0.2) is 5.11 Å². The highest BCUT2D eigenvalue weighted by molar-refractivity contribution is 5.00. The molecule has 21 N–H and O–H groups in total. The molecular formula is C44H76N3O34+. The molecule has 470 valence electrons. The van der Waals surface area contributed by atoms with Crippen molar-refractivity contribution in [1.29, 1.82) is 5.53 Å². The molecule has 0 aromatic rings. The molecule has 0 aliphatic carbocycles. The van der Waals surface area contributed by atoms with Crippen molar-refractivity contribution in [3.63, 3.8) is 0 Å². The molecule has 4 unspecified atom stereocenters. The van der Waals surface area contributed by atoms with Gasteiger partial charge in [-0.3, -0.25) is 0 Å². The normalized spacial score (nSPS) is 50.9. The van der Waals surface area contributed by atoms with Crippen LogP contribution < -0.4 is 4.91 Å². The van der Waals surface area contributed by atoms with Crippen molar-refractivity contribution < 1.29 is 168 Å². The lowest BCUT2D eigenvalue weighted by Crippen LogP contribution is -2.68. The summed E-state index contributed by atoms with van der Waals surface area (Å²) in [6.07, 6.45) is -62.4. The van der Waals surface area contributed by atoms with Gasteiger partial charge in [-0.25, -0.2) is 0 Å². The standard InChI is InChI=1S/C44H76N3O34/c1-2-68-38-26(62)20(56)32(13(70-38)4-46-47-45)76-40-27(63)22(58)34(15(7-50)71-40)78-42-29(65)24(60)36(17(9-52)73-42)80-44-31(67)25(61)37(18(10-53)75-44)81-43-30(66)23(59)35(16(8-51)74-43)79-41-28(64)21(57)33(14(6-49)72-41)77-39-19(55)12(54)3-11(5-48)69-39/h11-45,48-67H,2-10H2,1H3/q+1/t11-,12-,13-,14+,15-,16+,17-,18-,19+,20-,21?,22-,23?,24-,25-,26-,27-,28+,29-,30+,31?,32-,33+,34-,35+,36?,37-,38+,39+,40-,41+,42-,43+,44-/m0/s1. The third kappa shape index (κ3) is 14.4. The Morgan fingerprint density at radius 2 is 0.617 bits per heavy atom. The van der Waals surface area contributed by atoms with Gasteiger partial charge in [0, 0.05) is 13.0 Å². The zero-order valence-electron chi connectivity index (χ0n) is 43.0. The lowest BCUT2D eigenvalue weighted by Gasteiger charge is -2.50. The largest absolute Gasteiger partial charge is 0.394 e. The molecule has 0 radical (unpaired) electrons. The van der Waals surface area contributed by atoms with Crippen molar-refractivity contribution in [1.82, 2.24) is 4.91 Å². The van der Waals surface area contributed by atoms with Gasteiger partial charge in [-0.15, -0.1) is 0 Å². The Bertz CT molecular complexity index is 1950. The quantitative estimate of drug-likeness (QED) is 0.0353. The SMILES string of the molecule is CCO[C@@H]1O[C@@H](CN=[N+]=N)[C@H](O[C@@H]2O[C@@H](CO)[C@H](O[C@@H]3O[C@@H](CO)C(O[C@@H]4O[C@@H](CO)[C@H](O[C@H]5O[C@H](CO)[C@@H](O[C@H]6O[C@H](CO)[C@@H](O[C@H]7O[C@H](CO)C[C@H](O)[C@H]7O)C(O)[C@H]6O)C(O)[C@H]5O)[C@@H](O)C4O)[C@@H](O)[C@@H]3O)[C@@H](O)[C@@H]2O)[C@@H](O)[C@@H]1O. The van der Waals surface area contributed by atoms with Crippen LogP contribution in [-0.2, 0) is 66.3 Å². The fourth-order valence-corrected chi connectivity index (χ4v) is 10.4. The van der Waals surface area contributed by atoms with Crippen LogP contribution in [0.25, 0.3) is 0 Å². The van der Waals surface area contributed by atoms with Crippen LogP contribution in [0.2, 0.25) is 0 Å². The first kappa shape index (κ1) is 66.5. The van der Waals surface area contributed by atoms with Crippen molar-refractivity contribution in [3.8, 4) is 0 Å². The molecule has 37 nitrogen and oxygen atoms in total. The van der Waals surface area contributed by atoms with E-state index in [-0.39, 0.29) is 13.0 Å². The van der Waals surface area contributed by atoms with E-state index in [9.17, 15) is 102 Å². The number of ether oxygens (including phenoxy) is 14. The molecule has 0 bridgehead atoms. The highest BCUT2D eigenvalue weighted by atomic mass is 16.8. The smallest absolute Gasteiger partial charge is 0.214 e. The highest BCUT2D eigenvalue weighted by Gasteiger charge is 2.58. The van der Waals surface area contributed by atoms with Gasteiger partial charge in [0.15, 0.2) is 50.6 Å². The fourth-order valence-electron chi connectivity index (χ4n) is 10.4. The van der Waals surface area contributed by atoms with E-state index in [1.165, 1.54) is 0 Å². The number of aliphatic hydroxyl groups is 20. The summed E-state index contributed by atoms with van der Waals surface area (Å²) in [6.45, 7) is -4.37. The average Bonchev–Trinajstić information content (AvgIpc) is 3.51. The third-order valence-corrected chi connectivity index (χ3v) is 14.9. The molecule has 7 fully saturated rings. The van der Waals surface area contributed by atoms with Crippen LogP contribution in [0, 0.1) is 5.53 Å². The van der Waals surface area contributed by atoms with Gasteiger partial charge in [-0.1, -0.05) is 0 Å². The Morgan fingerprint density at radius 1 is 0.358 bits per heavy atom. The van der Waals surface area contributed by atoms with Crippen LogP contribution in [0.5, 0.6) is 0 Å². The van der Waals surface area contributed by atoms with E-state index in [2.05, 4.69) is 10.0 Å². The summed E-state index contributed by atoms with van der Waals surface area (Å²) >= 11 is 0. The molecule has 37 heteroatoms. The number of nitrogens with zero attached hydrogens (tertiary/aromatic N) is 2. The first-order valence-corrected chi connectivity index (χ1v) is 26.0. The second-order valence-electron chi connectivity index (χ2n) is 20.1. The molecule has 7 aliphatic heterocycles. The van der Waals surface area contributed by atoms with Gasteiger partial charge in [0.2, 0.25) is 4.91 Å². The second kappa shape index (κ2) is 29.6. The Balaban J connectivity index is 0.948. The first-order chi connectivity index (χ1) is 38.6. The van der Waals surface area contributed by atoms with Gasteiger partial charge < -0.3 is 168 Å². The van der Waals surface area contributed by atoms with Crippen molar-refractivity contribution in [2.75, 3.05) is 52.8 Å². The number of aliphatic hydroxyl groups excluding tert-OH is 20. The van der Waals surface area contributed by atoms with Crippen molar-refractivity contribution in [3.05, 3.63) is 0 Å². The summed E-state index contributed by atoms with van der Waals surface area (Å²) in [6, 6.07) is 0. The molecule has 0 amide bonds. The molecule has 0 saturated carbocycles. The molecule has 0 aromatic carbocycles. The van der Waals surface area contributed by atoms with Crippen LogP contribution in [0.1, 0.15) is 13.3 Å². The minimum atomic E-state index is -2.21. The van der Waals surface area contributed by atoms with Crippen molar-refractivity contribution >= 4 is 0 Å². The average molecular weight is 1190 g/mol. The number of hydrogen-bond donors (Lipinski definition) is 21. The maximum atomic E-state index is 11.4. The zero-order valence-corrected chi connectivity index (χ0v) is 43.0. The van der Waals surface area contributed by atoms with Gasteiger partial charge in [-0.2, -0.15) is 0 Å². The molecule has 7 saturated heterocycles. The summed E-state index contributed by atoms with van der Waals surface area (Å²) in [4.78, 5) is 2.89. The predicted octanol–water partition coefficient (Wildman–Crippen LogP) is -13.6.